The van der Waals surface area contributed by atoms with E-state index in [4.69, 9.17) is 19.3 Å². The quantitative estimate of drug-likeness (QED) is 0.343. The van der Waals surface area contributed by atoms with Crippen molar-refractivity contribution in [3.05, 3.63) is 42.2 Å². The third kappa shape index (κ3) is 7.00. The van der Waals surface area contributed by atoms with E-state index in [0.717, 1.165) is 6.42 Å². The molecule has 0 spiro atoms. The van der Waals surface area contributed by atoms with Gasteiger partial charge >= 0.3 is 12.1 Å². The van der Waals surface area contributed by atoms with E-state index < -0.39 is 12.1 Å². The standard InChI is InChI=1S/C15H18O6/c1-2-9-19-10-3-4-11-20-15(18)21-13-7-5-12(6-8-13)14(16)17/h2,5-9H,3-4,10-11H2,1H3,(H,16,17). The summed E-state index contributed by atoms with van der Waals surface area (Å²) < 4.78 is 14.9. The Morgan fingerprint density at radius 2 is 1.81 bits per heavy atom. The number of unbranched alkanes of at least 4 members (excludes halogenated alkanes) is 1. The van der Waals surface area contributed by atoms with Gasteiger partial charge in [0.15, 0.2) is 0 Å². The van der Waals surface area contributed by atoms with E-state index in [1.807, 2.05) is 6.92 Å². The van der Waals surface area contributed by atoms with Crippen molar-refractivity contribution in [1.29, 1.82) is 0 Å². The Labute approximate surface area is 122 Å². The van der Waals surface area contributed by atoms with Crippen LogP contribution in [0.4, 0.5) is 4.79 Å². The van der Waals surface area contributed by atoms with Crippen molar-refractivity contribution < 1.29 is 28.9 Å². The molecule has 1 N–H and O–H groups in total. The molecule has 0 unspecified atom stereocenters. The maximum atomic E-state index is 11.4. The minimum atomic E-state index is -1.04. The monoisotopic (exact) mass is 294 g/mol. The first-order valence-corrected chi connectivity index (χ1v) is 6.54. The summed E-state index contributed by atoms with van der Waals surface area (Å²) in [4.78, 5) is 22.0. The first-order chi connectivity index (χ1) is 10.1. The largest absolute Gasteiger partial charge is 0.513 e. The number of carboxylic acid groups (broad SMARTS) is 1. The third-order valence-electron chi connectivity index (χ3n) is 2.41. The summed E-state index contributed by atoms with van der Waals surface area (Å²) in [5.74, 6) is -0.800. The second kappa shape index (κ2) is 9.41. The summed E-state index contributed by atoms with van der Waals surface area (Å²) in [5.41, 5.74) is 0.122. The molecule has 0 radical (unpaired) electrons. The zero-order valence-corrected chi connectivity index (χ0v) is 11.8. The molecule has 0 atom stereocenters. The zero-order valence-electron chi connectivity index (χ0n) is 11.8. The van der Waals surface area contributed by atoms with Crippen molar-refractivity contribution in [2.24, 2.45) is 0 Å². The summed E-state index contributed by atoms with van der Waals surface area (Å²) in [5, 5.41) is 8.73. The van der Waals surface area contributed by atoms with E-state index in [1.54, 1.807) is 12.3 Å². The normalized spacial score (nSPS) is 10.3. The summed E-state index contributed by atoms with van der Waals surface area (Å²) in [6.45, 7) is 2.67. The number of aromatic carboxylic acids is 1. The zero-order chi connectivity index (χ0) is 15.5. The van der Waals surface area contributed by atoms with Gasteiger partial charge in [0.05, 0.1) is 25.0 Å². The average molecular weight is 294 g/mol. The van der Waals surface area contributed by atoms with Crippen molar-refractivity contribution in [3.63, 3.8) is 0 Å². The molecule has 6 heteroatoms. The Kier molecular flexibility index (Phi) is 7.42. The number of ether oxygens (including phenoxy) is 3. The topological polar surface area (TPSA) is 82.1 Å². The second-order valence-electron chi connectivity index (χ2n) is 4.08. The maximum Gasteiger partial charge on any atom is 0.513 e. The van der Waals surface area contributed by atoms with Crippen LogP contribution in [0.15, 0.2) is 36.6 Å². The predicted octanol–water partition coefficient (Wildman–Crippen LogP) is 3.23. The van der Waals surface area contributed by atoms with Crippen LogP contribution in [0, 0.1) is 0 Å². The molecule has 0 saturated carbocycles. The van der Waals surface area contributed by atoms with Crippen LogP contribution in [0.5, 0.6) is 5.75 Å². The van der Waals surface area contributed by atoms with Crippen LogP contribution < -0.4 is 4.74 Å². The number of carboxylic acids is 1. The predicted molar refractivity (Wildman–Crippen MR) is 75.4 cm³/mol. The number of rotatable bonds is 8. The molecule has 21 heavy (non-hydrogen) atoms. The lowest BCUT2D eigenvalue weighted by molar-refractivity contribution is 0.0697. The molecule has 0 amide bonds. The smallest absolute Gasteiger partial charge is 0.502 e. The molecule has 1 rings (SSSR count). The molecule has 114 valence electrons. The van der Waals surface area contributed by atoms with Crippen LogP contribution >= 0.6 is 0 Å². The molecule has 0 aliphatic heterocycles. The van der Waals surface area contributed by atoms with Gasteiger partial charge < -0.3 is 19.3 Å². The first kappa shape index (κ1) is 16.6. The molecule has 0 aliphatic carbocycles. The lowest BCUT2D eigenvalue weighted by atomic mass is 10.2. The van der Waals surface area contributed by atoms with E-state index >= 15 is 0 Å². The lowest BCUT2D eigenvalue weighted by Gasteiger charge is -2.06. The molecule has 1 aromatic rings. The van der Waals surface area contributed by atoms with Crippen molar-refractivity contribution in [2.45, 2.75) is 19.8 Å². The summed E-state index contributed by atoms with van der Waals surface area (Å²) >= 11 is 0. The van der Waals surface area contributed by atoms with E-state index in [1.165, 1.54) is 24.3 Å². The number of benzene rings is 1. The average Bonchev–Trinajstić information content (AvgIpc) is 2.47. The van der Waals surface area contributed by atoms with Crippen LogP contribution in [-0.4, -0.2) is 30.4 Å². The van der Waals surface area contributed by atoms with Gasteiger partial charge in [-0.15, -0.1) is 0 Å². The number of carbonyl (C=O) groups excluding carboxylic acids is 1. The SMILES string of the molecule is CC=COCCCCOC(=O)Oc1ccc(C(=O)O)cc1. The highest BCUT2D eigenvalue weighted by Crippen LogP contribution is 2.13. The second-order valence-corrected chi connectivity index (χ2v) is 4.08. The van der Waals surface area contributed by atoms with Crippen molar-refractivity contribution in [1.82, 2.24) is 0 Å². The first-order valence-electron chi connectivity index (χ1n) is 6.54. The molecule has 0 aromatic heterocycles. The summed E-state index contributed by atoms with van der Waals surface area (Å²) in [6, 6.07) is 5.50. The van der Waals surface area contributed by atoms with Gasteiger partial charge in [-0.25, -0.2) is 9.59 Å². The highest BCUT2D eigenvalue weighted by molar-refractivity contribution is 5.87. The van der Waals surface area contributed by atoms with Crippen molar-refractivity contribution in [3.8, 4) is 5.75 Å². The highest BCUT2D eigenvalue weighted by Gasteiger charge is 2.07. The van der Waals surface area contributed by atoms with Gasteiger partial charge in [0.25, 0.3) is 0 Å². The Hall–Kier alpha value is -2.50. The summed E-state index contributed by atoms with van der Waals surface area (Å²) in [6.07, 6.45) is 4.03. The molecular weight excluding hydrogens is 276 g/mol. The van der Waals surface area contributed by atoms with Gasteiger partial charge in [0.1, 0.15) is 5.75 Å². The molecule has 1 aromatic carbocycles. The Balaban J connectivity index is 2.20. The lowest BCUT2D eigenvalue weighted by Crippen LogP contribution is -2.11. The fraction of sp³-hybridized carbons (Fsp3) is 0.333. The van der Waals surface area contributed by atoms with Crippen LogP contribution in [0.25, 0.3) is 0 Å². The van der Waals surface area contributed by atoms with Crippen LogP contribution in [0.3, 0.4) is 0 Å². The summed E-state index contributed by atoms with van der Waals surface area (Å²) in [7, 11) is 0. The minimum Gasteiger partial charge on any atom is -0.502 e. The third-order valence-corrected chi connectivity index (χ3v) is 2.41. The van der Waals surface area contributed by atoms with Gasteiger partial charge in [0, 0.05) is 0 Å². The molecule has 0 saturated heterocycles. The van der Waals surface area contributed by atoms with E-state index in [9.17, 15) is 9.59 Å². The number of allylic oxidation sites excluding steroid dienone is 1. The van der Waals surface area contributed by atoms with Gasteiger partial charge in [-0.1, -0.05) is 6.08 Å². The van der Waals surface area contributed by atoms with Gasteiger partial charge in [-0.3, -0.25) is 0 Å². The van der Waals surface area contributed by atoms with E-state index in [-0.39, 0.29) is 17.9 Å². The maximum absolute atomic E-state index is 11.4. The number of hydrogen-bond donors (Lipinski definition) is 1. The van der Waals surface area contributed by atoms with Gasteiger partial charge in [0.2, 0.25) is 0 Å². The van der Waals surface area contributed by atoms with Crippen molar-refractivity contribution >= 4 is 12.1 Å². The Morgan fingerprint density at radius 1 is 1.14 bits per heavy atom. The molecule has 0 heterocycles. The van der Waals surface area contributed by atoms with Crippen molar-refractivity contribution in [2.75, 3.05) is 13.2 Å². The Morgan fingerprint density at radius 3 is 2.43 bits per heavy atom. The molecule has 0 aliphatic rings. The minimum absolute atomic E-state index is 0.122. The number of carbonyl (C=O) groups is 2. The van der Waals surface area contributed by atoms with E-state index in [0.29, 0.717) is 13.0 Å². The van der Waals surface area contributed by atoms with Crippen LogP contribution in [0.1, 0.15) is 30.1 Å². The highest BCUT2D eigenvalue weighted by atomic mass is 16.7. The fourth-order valence-electron chi connectivity index (χ4n) is 1.40. The molecular formula is C15H18O6. The molecule has 0 bridgehead atoms. The fourth-order valence-corrected chi connectivity index (χ4v) is 1.40. The van der Waals surface area contributed by atoms with Crippen LogP contribution in [-0.2, 0) is 9.47 Å². The number of hydrogen-bond acceptors (Lipinski definition) is 5. The molecule has 6 nitrogen and oxygen atoms in total. The Bertz CT molecular complexity index is 477. The van der Waals surface area contributed by atoms with E-state index in [2.05, 4.69) is 0 Å². The van der Waals surface area contributed by atoms with Gasteiger partial charge in [-0.2, -0.15) is 0 Å². The van der Waals surface area contributed by atoms with Crippen LogP contribution in [0.2, 0.25) is 0 Å². The van der Waals surface area contributed by atoms with Gasteiger partial charge in [-0.05, 0) is 44.0 Å². The molecule has 0 fully saturated rings.